The van der Waals surface area contributed by atoms with Crippen LogP contribution in [0, 0.1) is 0 Å². The zero-order valence-corrected chi connectivity index (χ0v) is 13.8. The lowest BCUT2D eigenvalue weighted by molar-refractivity contribution is -0.117. The number of hydrazine groups is 1. The van der Waals surface area contributed by atoms with Gasteiger partial charge in [0.2, 0.25) is 0 Å². The van der Waals surface area contributed by atoms with Crippen molar-refractivity contribution in [2.24, 2.45) is 0 Å². The Hall–Kier alpha value is -2.01. The smallest absolute Gasteiger partial charge is 0.267 e. The van der Waals surface area contributed by atoms with Crippen molar-refractivity contribution in [3.8, 4) is 0 Å². The van der Waals surface area contributed by atoms with Gasteiger partial charge in [0.15, 0.2) is 0 Å². The average Bonchev–Trinajstić information content (AvgIpc) is 2.78. The molecule has 0 radical (unpaired) electrons. The summed E-state index contributed by atoms with van der Waals surface area (Å²) in [6.07, 6.45) is 1.43. The summed E-state index contributed by atoms with van der Waals surface area (Å²) in [6.45, 7) is 0. The fourth-order valence-electron chi connectivity index (χ4n) is 2.13. The maximum Gasteiger partial charge on any atom is 0.282 e. The minimum absolute atomic E-state index is 0.0193. The Morgan fingerprint density at radius 2 is 1.70 bits per heavy atom. The van der Waals surface area contributed by atoms with Gasteiger partial charge in [0, 0.05) is 15.1 Å². The van der Waals surface area contributed by atoms with E-state index in [1.165, 1.54) is 6.08 Å². The van der Waals surface area contributed by atoms with Crippen molar-refractivity contribution in [3.05, 3.63) is 68.7 Å². The molecule has 1 saturated heterocycles. The molecule has 7 heteroatoms. The van der Waals surface area contributed by atoms with Gasteiger partial charge in [-0.3, -0.25) is 15.0 Å². The standard InChI is InChI=1S/C16H9Cl3N2O2/c17-10-2-1-3-12(7-10)21-16(23)13(15(22)20-21)6-9-4-5-11(18)8-14(9)19/h1-8H,(H,20,22)/b13-6-. The number of hydrogen-bond acceptors (Lipinski definition) is 2. The molecule has 0 unspecified atom stereocenters. The lowest BCUT2D eigenvalue weighted by Crippen LogP contribution is -2.35. The summed E-state index contributed by atoms with van der Waals surface area (Å²) in [5.74, 6) is -0.996. The van der Waals surface area contributed by atoms with E-state index in [-0.39, 0.29) is 5.57 Å². The van der Waals surface area contributed by atoms with Crippen molar-refractivity contribution in [2.75, 3.05) is 5.01 Å². The molecule has 2 aromatic carbocycles. The maximum atomic E-state index is 12.5. The van der Waals surface area contributed by atoms with Crippen LogP contribution < -0.4 is 10.4 Å². The van der Waals surface area contributed by atoms with Crippen LogP contribution in [-0.2, 0) is 9.59 Å². The van der Waals surface area contributed by atoms with Crippen molar-refractivity contribution in [2.45, 2.75) is 0 Å². The SMILES string of the molecule is O=C1NN(c2cccc(Cl)c2)C(=O)/C1=C\c1ccc(Cl)cc1Cl. The van der Waals surface area contributed by atoms with Crippen LogP contribution in [0.2, 0.25) is 15.1 Å². The predicted molar refractivity (Wildman–Crippen MR) is 91.5 cm³/mol. The first-order valence-corrected chi connectivity index (χ1v) is 7.67. The number of anilines is 1. The van der Waals surface area contributed by atoms with Crippen LogP contribution in [-0.4, -0.2) is 11.8 Å². The van der Waals surface area contributed by atoms with Gasteiger partial charge in [0.1, 0.15) is 5.57 Å². The van der Waals surface area contributed by atoms with Crippen LogP contribution in [0.1, 0.15) is 5.56 Å². The van der Waals surface area contributed by atoms with E-state index in [2.05, 4.69) is 5.43 Å². The Balaban J connectivity index is 1.97. The largest absolute Gasteiger partial charge is 0.282 e. The van der Waals surface area contributed by atoms with Gasteiger partial charge in [0.25, 0.3) is 11.8 Å². The Morgan fingerprint density at radius 3 is 2.39 bits per heavy atom. The molecule has 1 fully saturated rings. The summed E-state index contributed by atoms with van der Waals surface area (Å²) < 4.78 is 0. The highest BCUT2D eigenvalue weighted by molar-refractivity contribution is 6.37. The van der Waals surface area contributed by atoms with E-state index >= 15 is 0 Å². The molecule has 0 bridgehead atoms. The van der Waals surface area contributed by atoms with Gasteiger partial charge in [-0.25, -0.2) is 5.01 Å². The van der Waals surface area contributed by atoms with E-state index in [0.717, 1.165) is 5.01 Å². The number of nitrogens with zero attached hydrogens (tertiary/aromatic N) is 1. The maximum absolute atomic E-state index is 12.5. The molecule has 2 amide bonds. The summed E-state index contributed by atoms with van der Waals surface area (Å²) in [5, 5.41) is 2.43. The first kappa shape index (κ1) is 15.9. The van der Waals surface area contributed by atoms with Gasteiger partial charge >= 0.3 is 0 Å². The molecule has 23 heavy (non-hydrogen) atoms. The third kappa shape index (κ3) is 3.20. The Bertz CT molecular complexity index is 849. The highest BCUT2D eigenvalue weighted by atomic mass is 35.5. The second-order valence-corrected chi connectivity index (χ2v) is 6.07. The third-order valence-electron chi connectivity index (χ3n) is 3.22. The number of hydrogen-bond donors (Lipinski definition) is 1. The molecule has 1 heterocycles. The Morgan fingerprint density at radius 1 is 0.957 bits per heavy atom. The number of benzene rings is 2. The molecule has 1 aliphatic rings. The van der Waals surface area contributed by atoms with Gasteiger partial charge in [-0.05, 0) is 42.0 Å². The molecule has 1 N–H and O–H groups in total. The number of carbonyl (C=O) groups excluding carboxylic acids is 2. The minimum Gasteiger partial charge on any atom is -0.267 e. The number of halogens is 3. The van der Waals surface area contributed by atoms with E-state index in [1.807, 2.05) is 0 Å². The molecule has 0 aliphatic carbocycles. The fourth-order valence-corrected chi connectivity index (χ4v) is 2.78. The van der Waals surface area contributed by atoms with Crippen molar-refractivity contribution in [3.63, 3.8) is 0 Å². The highest BCUT2D eigenvalue weighted by Gasteiger charge is 2.34. The van der Waals surface area contributed by atoms with Gasteiger partial charge in [-0.1, -0.05) is 46.9 Å². The summed E-state index contributed by atoms with van der Waals surface area (Å²) in [4.78, 5) is 24.6. The number of nitrogens with one attached hydrogen (secondary N) is 1. The summed E-state index contributed by atoms with van der Waals surface area (Å²) in [7, 11) is 0. The van der Waals surface area contributed by atoms with E-state index in [1.54, 1.807) is 42.5 Å². The summed E-state index contributed by atoms with van der Waals surface area (Å²) in [6, 6.07) is 11.4. The van der Waals surface area contributed by atoms with Crippen LogP contribution in [0.15, 0.2) is 48.0 Å². The quantitative estimate of drug-likeness (QED) is 0.641. The summed E-state index contributed by atoms with van der Waals surface area (Å²) >= 11 is 17.8. The molecule has 0 atom stereocenters. The van der Waals surface area contributed by atoms with Crippen molar-refractivity contribution < 1.29 is 9.59 Å². The van der Waals surface area contributed by atoms with Gasteiger partial charge in [-0.2, -0.15) is 0 Å². The number of carbonyl (C=O) groups is 2. The zero-order valence-electron chi connectivity index (χ0n) is 11.5. The van der Waals surface area contributed by atoms with Crippen LogP contribution in [0.25, 0.3) is 6.08 Å². The molecule has 0 aromatic heterocycles. The van der Waals surface area contributed by atoms with E-state index in [0.29, 0.717) is 26.3 Å². The lowest BCUT2D eigenvalue weighted by atomic mass is 10.1. The van der Waals surface area contributed by atoms with Crippen molar-refractivity contribution in [1.82, 2.24) is 5.43 Å². The molecule has 4 nitrogen and oxygen atoms in total. The average molecular weight is 368 g/mol. The van der Waals surface area contributed by atoms with E-state index < -0.39 is 11.8 Å². The first-order valence-electron chi connectivity index (χ1n) is 6.53. The highest BCUT2D eigenvalue weighted by Crippen LogP contribution is 2.27. The third-order valence-corrected chi connectivity index (χ3v) is 4.02. The molecule has 1 aliphatic heterocycles. The van der Waals surface area contributed by atoms with Crippen LogP contribution >= 0.6 is 34.8 Å². The molecular formula is C16H9Cl3N2O2. The topological polar surface area (TPSA) is 49.4 Å². The number of amides is 2. The van der Waals surface area contributed by atoms with E-state index in [4.69, 9.17) is 34.8 Å². The first-order chi connectivity index (χ1) is 11.0. The monoisotopic (exact) mass is 366 g/mol. The van der Waals surface area contributed by atoms with Crippen LogP contribution in [0.4, 0.5) is 5.69 Å². The normalized spacial score (nSPS) is 16.1. The Kier molecular flexibility index (Phi) is 4.31. The molecule has 0 spiro atoms. The summed E-state index contributed by atoms with van der Waals surface area (Å²) in [5.41, 5.74) is 3.48. The van der Waals surface area contributed by atoms with Gasteiger partial charge in [-0.15, -0.1) is 0 Å². The molecule has 116 valence electrons. The second kappa shape index (κ2) is 6.24. The predicted octanol–water partition coefficient (Wildman–Crippen LogP) is 4.11. The van der Waals surface area contributed by atoms with Gasteiger partial charge in [0.05, 0.1) is 5.69 Å². The second-order valence-electron chi connectivity index (χ2n) is 4.79. The van der Waals surface area contributed by atoms with E-state index in [9.17, 15) is 9.59 Å². The van der Waals surface area contributed by atoms with Crippen LogP contribution in [0.3, 0.4) is 0 Å². The molecule has 3 rings (SSSR count). The molecule has 2 aromatic rings. The Labute approximate surface area is 147 Å². The lowest BCUT2D eigenvalue weighted by Gasteiger charge is -2.14. The minimum atomic E-state index is -0.513. The van der Waals surface area contributed by atoms with Crippen molar-refractivity contribution in [1.29, 1.82) is 0 Å². The zero-order chi connectivity index (χ0) is 16.6. The fraction of sp³-hybridized carbons (Fsp3) is 0. The van der Waals surface area contributed by atoms with Gasteiger partial charge < -0.3 is 0 Å². The number of rotatable bonds is 2. The van der Waals surface area contributed by atoms with Crippen LogP contribution in [0.5, 0.6) is 0 Å². The molecule has 0 saturated carbocycles. The molecular weight excluding hydrogens is 359 g/mol. The van der Waals surface area contributed by atoms with Crippen molar-refractivity contribution >= 4 is 58.4 Å².